The van der Waals surface area contributed by atoms with E-state index in [1.807, 2.05) is 6.92 Å². The van der Waals surface area contributed by atoms with E-state index in [1.165, 1.54) is 0 Å². The highest BCUT2D eigenvalue weighted by molar-refractivity contribution is 5.95. The van der Waals surface area contributed by atoms with Gasteiger partial charge in [0.1, 0.15) is 5.69 Å². The van der Waals surface area contributed by atoms with Crippen LogP contribution in [-0.2, 0) is 0 Å². The molecule has 4 N–H and O–H groups in total. The lowest BCUT2D eigenvalue weighted by molar-refractivity contribution is 0.188. The summed E-state index contributed by atoms with van der Waals surface area (Å²) in [6.45, 7) is 6.01. The second-order valence-electron chi connectivity index (χ2n) is 4.73. The highest BCUT2D eigenvalue weighted by Crippen LogP contribution is 2.13. The van der Waals surface area contributed by atoms with Crippen LogP contribution in [0.4, 0.5) is 5.95 Å². The van der Waals surface area contributed by atoms with Gasteiger partial charge in [0.05, 0.1) is 6.61 Å². The van der Waals surface area contributed by atoms with E-state index in [0.29, 0.717) is 18.2 Å². The van der Waals surface area contributed by atoms with Crippen molar-refractivity contribution in [1.82, 2.24) is 14.9 Å². The molecule has 0 aliphatic carbocycles. The average Bonchev–Trinajstić information content (AvgIpc) is 2.47. The molecule has 1 saturated heterocycles. The highest BCUT2D eigenvalue weighted by Gasteiger charge is 2.19. The van der Waals surface area contributed by atoms with Crippen LogP contribution in [0.5, 0.6) is 0 Å². The molecule has 0 unspecified atom stereocenters. The fraction of sp³-hybridized carbons (Fsp3) is 0.583. The number of oxime groups is 1. The Labute approximate surface area is 117 Å². The summed E-state index contributed by atoms with van der Waals surface area (Å²) in [5, 5.41) is 20.6. The zero-order chi connectivity index (χ0) is 14.5. The fourth-order valence-electron chi connectivity index (χ4n) is 2.19. The van der Waals surface area contributed by atoms with Crippen LogP contribution in [0.1, 0.15) is 11.4 Å². The molecule has 2 heterocycles. The van der Waals surface area contributed by atoms with Gasteiger partial charge in [0.25, 0.3) is 0 Å². The lowest BCUT2D eigenvalue weighted by Gasteiger charge is -2.34. The number of aromatic nitrogens is 2. The number of aliphatic hydroxyl groups is 1. The van der Waals surface area contributed by atoms with Crippen molar-refractivity contribution in [1.29, 1.82) is 0 Å². The zero-order valence-corrected chi connectivity index (χ0v) is 11.5. The number of piperazine rings is 1. The maximum atomic E-state index is 8.93. The molecule has 8 nitrogen and oxygen atoms in total. The molecule has 0 radical (unpaired) electrons. The van der Waals surface area contributed by atoms with Crippen molar-refractivity contribution in [3.63, 3.8) is 0 Å². The lowest BCUT2D eigenvalue weighted by Crippen LogP contribution is -2.47. The van der Waals surface area contributed by atoms with Gasteiger partial charge in [0.15, 0.2) is 5.84 Å². The topological polar surface area (TPSA) is 111 Å². The standard InChI is InChI=1S/C12H20N6O2/c1-9-8-10(11(13)16-20)15-12(14-9)18-4-2-17(3-5-18)6-7-19/h8,19-20H,2-7H2,1H3,(H2,13,16). The number of anilines is 1. The zero-order valence-electron chi connectivity index (χ0n) is 11.5. The van der Waals surface area contributed by atoms with Crippen LogP contribution in [-0.4, -0.2) is 70.3 Å². The number of nitrogens with zero attached hydrogens (tertiary/aromatic N) is 5. The van der Waals surface area contributed by atoms with E-state index in [-0.39, 0.29) is 12.4 Å². The third-order valence-electron chi connectivity index (χ3n) is 3.28. The van der Waals surface area contributed by atoms with Gasteiger partial charge in [0, 0.05) is 38.4 Å². The van der Waals surface area contributed by atoms with E-state index < -0.39 is 0 Å². The Morgan fingerprint density at radius 3 is 2.65 bits per heavy atom. The minimum Gasteiger partial charge on any atom is -0.409 e. The van der Waals surface area contributed by atoms with Crippen LogP contribution in [0.3, 0.4) is 0 Å². The number of hydrogen-bond acceptors (Lipinski definition) is 7. The molecule has 0 atom stereocenters. The van der Waals surface area contributed by atoms with Crippen LogP contribution in [0.25, 0.3) is 0 Å². The lowest BCUT2D eigenvalue weighted by atomic mass is 10.3. The Morgan fingerprint density at radius 1 is 1.35 bits per heavy atom. The molecule has 1 aromatic rings. The first-order valence-electron chi connectivity index (χ1n) is 6.56. The summed E-state index contributed by atoms with van der Waals surface area (Å²) in [7, 11) is 0. The molecule has 20 heavy (non-hydrogen) atoms. The van der Waals surface area contributed by atoms with Crippen LogP contribution in [0.2, 0.25) is 0 Å². The molecule has 0 saturated carbocycles. The number of aryl methyl sites for hydroxylation is 1. The predicted octanol–water partition coefficient (Wildman–Crippen LogP) is -1.01. The summed E-state index contributed by atoms with van der Waals surface area (Å²) in [6.07, 6.45) is 0. The highest BCUT2D eigenvalue weighted by atomic mass is 16.4. The van der Waals surface area contributed by atoms with Gasteiger partial charge < -0.3 is 20.9 Å². The molecular formula is C12H20N6O2. The van der Waals surface area contributed by atoms with Crippen LogP contribution >= 0.6 is 0 Å². The summed E-state index contributed by atoms with van der Waals surface area (Å²) >= 11 is 0. The molecule has 1 aliphatic rings. The summed E-state index contributed by atoms with van der Waals surface area (Å²) in [6, 6.07) is 1.68. The maximum Gasteiger partial charge on any atom is 0.226 e. The first-order chi connectivity index (χ1) is 9.63. The molecule has 8 heteroatoms. The van der Waals surface area contributed by atoms with Crippen LogP contribution in [0.15, 0.2) is 11.2 Å². The summed E-state index contributed by atoms with van der Waals surface area (Å²) in [4.78, 5) is 13.0. The maximum absolute atomic E-state index is 8.93. The molecule has 110 valence electrons. The summed E-state index contributed by atoms with van der Waals surface area (Å²) in [5.74, 6) is 0.575. The number of aliphatic hydroxyl groups excluding tert-OH is 1. The summed E-state index contributed by atoms with van der Waals surface area (Å²) in [5.41, 5.74) is 6.77. The molecule has 0 bridgehead atoms. The quantitative estimate of drug-likeness (QED) is 0.280. The molecule has 0 spiro atoms. The smallest absolute Gasteiger partial charge is 0.226 e. The fourth-order valence-corrected chi connectivity index (χ4v) is 2.19. The van der Waals surface area contributed by atoms with E-state index in [0.717, 1.165) is 31.9 Å². The Balaban J connectivity index is 2.12. The van der Waals surface area contributed by atoms with Crippen LogP contribution < -0.4 is 10.6 Å². The van der Waals surface area contributed by atoms with E-state index in [1.54, 1.807) is 6.07 Å². The van der Waals surface area contributed by atoms with Gasteiger partial charge in [-0.25, -0.2) is 9.97 Å². The molecular weight excluding hydrogens is 260 g/mol. The van der Waals surface area contributed by atoms with E-state index in [9.17, 15) is 0 Å². The molecule has 2 rings (SSSR count). The Hall–Kier alpha value is -1.93. The third kappa shape index (κ3) is 3.34. The van der Waals surface area contributed by atoms with Gasteiger partial charge in [-0.1, -0.05) is 5.16 Å². The van der Waals surface area contributed by atoms with Gasteiger partial charge >= 0.3 is 0 Å². The van der Waals surface area contributed by atoms with Gasteiger partial charge in [0.2, 0.25) is 5.95 Å². The van der Waals surface area contributed by atoms with Crippen molar-refractivity contribution in [3.8, 4) is 0 Å². The van der Waals surface area contributed by atoms with E-state index >= 15 is 0 Å². The molecule has 1 aliphatic heterocycles. The van der Waals surface area contributed by atoms with Gasteiger partial charge in [-0.15, -0.1) is 0 Å². The predicted molar refractivity (Wildman–Crippen MR) is 75.0 cm³/mol. The molecule has 0 amide bonds. The van der Waals surface area contributed by atoms with E-state index in [4.69, 9.17) is 16.0 Å². The minimum atomic E-state index is -0.0179. The number of amidine groups is 1. The van der Waals surface area contributed by atoms with Crippen molar-refractivity contribution in [3.05, 3.63) is 17.5 Å². The van der Waals surface area contributed by atoms with Gasteiger partial charge in [-0.3, -0.25) is 4.90 Å². The second kappa shape index (κ2) is 6.49. The van der Waals surface area contributed by atoms with Gasteiger partial charge in [-0.2, -0.15) is 0 Å². The SMILES string of the molecule is Cc1cc(/C(N)=N/O)nc(N2CCN(CCO)CC2)n1. The van der Waals surface area contributed by atoms with Crippen molar-refractivity contribution < 1.29 is 10.3 Å². The van der Waals surface area contributed by atoms with E-state index in [2.05, 4.69) is 24.9 Å². The Bertz CT molecular complexity index is 485. The number of hydrogen-bond donors (Lipinski definition) is 3. The first-order valence-corrected chi connectivity index (χ1v) is 6.56. The second-order valence-corrected chi connectivity index (χ2v) is 4.73. The summed E-state index contributed by atoms with van der Waals surface area (Å²) < 4.78 is 0. The average molecular weight is 280 g/mol. The number of rotatable bonds is 4. The first kappa shape index (κ1) is 14.5. The molecule has 0 aromatic carbocycles. The van der Waals surface area contributed by atoms with Gasteiger partial charge in [-0.05, 0) is 13.0 Å². The molecule has 1 aromatic heterocycles. The molecule has 1 fully saturated rings. The van der Waals surface area contributed by atoms with Crippen molar-refractivity contribution >= 4 is 11.8 Å². The third-order valence-corrected chi connectivity index (χ3v) is 3.28. The minimum absolute atomic E-state index is 0.0179. The van der Waals surface area contributed by atoms with Crippen LogP contribution in [0, 0.1) is 6.92 Å². The van der Waals surface area contributed by atoms with Crippen molar-refractivity contribution in [2.24, 2.45) is 10.9 Å². The monoisotopic (exact) mass is 280 g/mol. The normalized spacial score (nSPS) is 17.5. The number of β-amino-alcohol motifs (C(OH)–C–C–N with tert-alkyl or cyclic N) is 1. The number of nitrogens with two attached hydrogens (primary N) is 1. The van der Waals surface area contributed by atoms with Crippen molar-refractivity contribution in [2.45, 2.75) is 6.92 Å². The Kier molecular flexibility index (Phi) is 4.70. The Morgan fingerprint density at radius 2 is 2.05 bits per heavy atom. The van der Waals surface area contributed by atoms with Crippen molar-refractivity contribution in [2.75, 3.05) is 44.2 Å². The largest absolute Gasteiger partial charge is 0.409 e.